The number of aryl methyl sites for hydroxylation is 1. The Morgan fingerprint density at radius 1 is 1.14 bits per heavy atom. The molecule has 0 radical (unpaired) electrons. The van der Waals surface area contributed by atoms with E-state index in [9.17, 15) is 4.79 Å². The maximum atomic E-state index is 12.0. The summed E-state index contributed by atoms with van der Waals surface area (Å²) in [4.78, 5) is 15.6. The van der Waals surface area contributed by atoms with Gasteiger partial charge in [0.25, 0.3) is 0 Å². The molecular formula is C24H25BrN2O2. The first-order chi connectivity index (χ1) is 14.2. The number of hydrogen-bond acceptors (Lipinski definition) is 2. The second-order valence-corrected chi connectivity index (χ2v) is 7.84. The van der Waals surface area contributed by atoms with Crippen molar-refractivity contribution in [3.8, 4) is 12.3 Å². The largest absolute Gasteiger partial charge is 0.445 e. The second-order valence-electron chi connectivity index (χ2n) is 6.92. The SMILES string of the molecule is C#CCCCCc1[nH]c2ccc(Br)cc2c1CCNC(=O)OCc1ccccc1. The summed E-state index contributed by atoms with van der Waals surface area (Å²) in [6.45, 7) is 0.789. The molecule has 150 valence electrons. The fraction of sp³-hybridized carbons (Fsp3) is 0.292. The van der Waals surface area contributed by atoms with Gasteiger partial charge in [-0.05, 0) is 55.0 Å². The van der Waals surface area contributed by atoms with Crippen molar-refractivity contribution in [2.45, 2.75) is 38.7 Å². The molecule has 2 aromatic carbocycles. The van der Waals surface area contributed by atoms with Crippen LogP contribution in [0.15, 0.2) is 53.0 Å². The average Bonchev–Trinajstić information content (AvgIpc) is 3.07. The van der Waals surface area contributed by atoms with E-state index in [1.165, 1.54) is 16.6 Å². The Hall–Kier alpha value is -2.71. The molecule has 0 saturated heterocycles. The number of alkyl carbamates (subject to hydrolysis) is 1. The van der Waals surface area contributed by atoms with Crippen molar-refractivity contribution in [3.63, 3.8) is 0 Å². The van der Waals surface area contributed by atoms with E-state index in [-0.39, 0.29) is 6.61 Å². The van der Waals surface area contributed by atoms with E-state index >= 15 is 0 Å². The van der Waals surface area contributed by atoms with Crippen molar-refractivity contribution in [1.82, 2.24) is 10.3 Å². The monoisotopic (exact) mass is 452 g/mol. The number of unbranched alkanes of at least 4 members (excludes halogenated alkanes) is 2. The number of H-pyrrole nitrogens is 1. The van der Waals surface area contributed by atoms with Crippen LogP contribution in [0.4, 0.5) is 4.79 Å². The standard InChI is InChI=1S/C24H25BrN2O2/c1-2-3-4-8-11-22-20(21-16-19(25)12-13-23(21)27-22)14-15-26-24(28)29-17-18-9-6-5-7-10-18/h1,5-7,9-10,12-13,16,27H,3-4,8,11,14-15,17H2,(H,26,28). The van der Waals surface area contributed by atoms with Crippen LogP contribution in [-0.4, -0.2) is 17.6 Å². The zero-order chi connectivity index (χ0) is 20.5. The highest BCUT2D eigenvalue weighted by molar-refractivity contribution is 9.10. The van der Waals surface area contributed by atoms with Gasteiger partial charge < -0.3 is 15.0 Å². The molecular weight excluding hydrogens is 428 g/mol. The van der Waals surface area contributed by atoms with Crippen molar-refractivity contribution in [2.75, 3.05) is 6.54 Å². The summed E-state index contributed by atoms with van der Waals surface area (Å²) in [6, 6.07) is 15.9. The number of terminal acetylenes is 1. The van der Waals surface area contributed by atoms with Crippen LogP contribution in [0.2, 0.25) is 0 Å². The van der Waals surface area contributed by atoms with Crippen molar-refractivity contribution in [1.29, 1.82) is 0 Å². The zero-order valence-electron chi connectivity index (χ0n) is 16.3. The van der Waals surface area contributed by atoms with Gasteiger partial charge in [0.15, 0.2) is 0 Å². The highest BCUT2D eigenvalue weighted by atomic mass is 79.9. The zero-order valence-corrected chi connectivity index (χ0v) is 17.9. The number of aromatic amines is 1. The van der Waals surface area contributed by atoms with E-state index in [2.05, 4.69) is 44.3 Å². The summed E-state index contributed by atoms with van der Waals surface area (Å²) >= 11 is 3.56. The molecule has 0 spiro atoms. The highest BCUT2D eigenvalue weighted by Gasteiger charge is 2.12. The fourth-order valence-corrected chi connectivity index (χ4v) is 3.73. The molecule has 1 heterocycles. The van der Waals surface area contributed by atoms with E-state index < -0.39 is 6.09 Å². The van der Waals surface area contributed by atoms with Crippen molar-refractivity contribution >= 4 is 32.9 Å². The number of carbonyl (C=O) groups excluding carboxylic acids is 1. The van der Waals surface area contributed by atoms with Crippen molar-refractivity contribution in [2.24, 2.45) is 0 Å². The van der Waals surface area contributed by atoms with E-state index in [0.29, 0.717) is 6.54 Å². The van der Waals surface area contributed by atoms with Gasteiger partial charge in [0.2, 0.25) is 0 Å². The lowest BCUT2D eigenvalue weighted by Crippen LogP contribution is -2.26. The number of ether oxygens (including phenoxy) is 1. The quantitative estimate of drug-likeness (QED) is 0.321. The molecule has 1 amide bonds. The number of rotatable bonds is 9. The van der Waals surface area contributed by atoms with Crippen LogP contribution >= 0.6 is 15.9 Å². The van der Waals surface area contributed by atoms with E-state index in [4.69, 9.17) is 11.2 Å². The number of carbonyl (C=O) groups is 1. The molecule has 0 atom stereocenters. The van der Waals surface area contributed by atoms with E-state index in [1.54, 1.807) is 0 Å². The van der Waals surface area contributed by atoms with Crippen LogP contribution in [0.25, 0.3) is 10.9 Å². The minimum Gasteiger partial charge on any atom is -0.445 e. The summed E-state index contributed by atoms with van der Waals surface area (Å²) in [7, 11) is 0. The topological polar surface area (TPSA) is 54.1 Å². The lowest BCUT2D eigenvalue weighted by atomic mass is 10.0. The smallest absolute Gasteiger partial charge is 0.407 e. The molecule has 0 fully saturated rings. The number of hydrogen-bond donors (Lipinski definition) is 2. The molecule has 0 aliphatic carbocycles. The van der Waals surface area contributed by atoms with Crippen LogP contribution in [0, 0.1) is 12.3 Å². The third-order valence-corrected chi connectivity index (χ3v) is 5.30. The van der Waals surface area contributed by atoms with E-state index in [1.807, 2.05) is 36.4 Å². The molecule has 0 unspecified atom stereocenters. The van der Waals surface area contributed by atoms with Crippen LogP contribution < -0.4 is 5.32 Å². The lowest BCUT2D eigenvalue weighted by Gasteiger charge is -2.08. The van der Waals surface area contributed by atoms with Gasteiger partial charge in [-0.15, -0.1) is 12.3 Å². The fourth-order valence-electron chi connectivity index (χ4n) is 3.37. The van der Waals surface area contributed by atoms with E-state index in [0.717, 1.165) is 47.7 Å². The summed E-state index contributed by atoms with van der Waals surface area (Å²) in [5, 5.41) is 4.05. The third-order valence-electron chi connectivity index (χ3n) is 4.81. The van der Waals surface area contributed by atoms with Crippen molar-refractivity contribution in [3.05, 3.63) is 69.8 Å². The van der Waals surface area contributed by atoms with Crippen molar-refractivity contribution < 1.29 is 9.53 Å². The number of benzene rings is 2. The third kappa shape index (κ3) is 6.13. The average molecular weight is 453 g/mol. The minimum absolute atomic E-state index is 0.271. The number of amides is 1. The van der Waals surface area contributed by atoms with Gasteiger partial charge in [-0.3, -0.25) is 0 Å². The molecule has 0 saturated carbocycles. The minimum atomic E-state index is -0.398. The maximum Gasteiger partial charge on any atom is 0.407 e. The van der Waals surface area contributed by atoms with Crippen LogP contribution in [0.1, 0.15) is 36.1 Å². The van der Waals surface area contributed by atoms with Crippen LogP contribution in [0.3, 0.4) is 0 Å². The van der Waals surface area contributed by atoms with Gasteiger partial charge in [0.1, 0.15) is 6.61 Å². The van der Waals surface area contributed by atoms with Gasteiger partial charge in [-0.1, -0.05) is 46.3 Å². The summed E-state index contributed by atoms with van der Waals surface area (Å²) in [5.41, 5.74) is 4.54. The summed E-state index contributed by atoms with van der Waals surface area (Å²) < 4.78 is 6.33. The molecule has 3 aromatic rings. The molecule has 4 nitrogen and oxygen atoms in total. The molecule has 29 heavy (non-hydrogen) atoms. The number of fused-ring (bicyclic) bond motifs is 1. The predicted molar refractivity (Wildman–Crippen MR) is 121 cm³/mol. The van der Waals surface area contributed by atoms with Crippen LogP contribution in [-0.2, 0) is 24.2 Å². The van der Waals surface area contributed by atoms with Gasteiger partial charge in [0.05, 0.1) is 0 Å². The summed E-state index contributed by atoms with van der Waals surface area (Å²) in [5.74, 6) is 2.70. The molecule has 0 aliphatic rings. The summed E-state index contributed by atoms with van der Waals surface area (Å²) in [6.07, 6.45) is 9.50. The number of nitrogens with one attached hydrogen (secondary N) is 2. The highest BCUT2D eigenvalue weighted by Crippen LogP contribution is 2.27. The molecule has 1 aromatic heterocycles. The molecule has 0 aliphatic heterocycles. The normalized spacial score (nSPS) is 10.6. The Labute approximate surface area is 180 Å². The maximum absolute atomic E-state index is 12.0. The first-order valence-corrected chi connectivity index (χ1v) is 10.6. The lowest BCUT2D eigenvalue weighted by molar-refractivity contribution is 0.140. The van der Waals surface area contributed by atoms with Gasteiger partial charge in [0, 0.05) is 34.0 Å². The molecule has 0 bridgehead atoms. The molecule has 3 rings (SSSR count). The Balaban J connectivity index is 1.59. The predicted octanol–water partition coefficient (Wildman–Crippen LogP) is 5.75. The second kappa shape index (κ2) is 10.7. The number of aromatic nitrogens is 1. The van der Waals surface area contributed by atoms with Gasteiger partial charge in [-0.2, -0.15) is 0 Å². The van der Waals surface area contributed by atoms with Gasteiger partial charge >= 0.3 is 6.09 Å². The number of halogens is 1. The van der Waals surface area contributed by atoms with Crippen LogP contribution in [0.5, 0.6) is 0 Å². The van der Waals surface area contributed by atoms with Gasteiger partial charge in [-0.25, -0.2) is 4.79 Å². The Bertz CT molecular complexity index is 989. The Kier molecular flexibility index (Phi) is 7.77. The Morgan fingerprint density at radius 2 is 1.97 bits per heavy atom. The molecule has 5 heteroatoms. The first kappa shape index (κ1) is 21.0. The Morgan fingerprint density at radius 3 is 2.76 bits per heavy atom. The first-order valence-electron chi connectivity index (χ1n) is 9.84. The molecule has 2 N–H and O–H groups in total.